The molecule has 1 aromatic rings. The zero-order valence-corrected chi connectivity index (χ0v) is 13.9. The molecule has 0 atom stereocenters. The molecule has 0 spiro atoms. The van der Waals surface area contributed by atoms with Crippen molar-refractivity contribution >= 4 is 17.4 Å². The molecule has 24 heavy (non-hydrogen) atoms. The second-order valence-corrected chi connectivity index (χ2v) is 6.71. The number of carbonyl (C=O) groups excluding carboxylic acids is 1. The molecule has 1 aromatic carbocycles. The number of halogens is 3. The van der Waals surface area contributed by atoms with E-state index in [0.29, 0.717) is 29.8 Å². The second-order valence-electron chi connectivity index (χ2n) is 6.71. The minimum atomic E-state index is -4.42. The van der Waals surface area contributed by atoms with Gasteiger partial charge in [-0.1, -0.05) is 6.08 Å². The Bertz CT molecular complexity index is 661. The normalized spacial score (nSPS) is 15.9. The maximum absolute atomic E-state index is 12.9. The van der Waals surface area contributed by atoms with Crippen molar-refractivity contribution in [3.05, 3.63) is 35.4 Å². The van der Waals surface area contributed by atoms with Crippen molar-refractivity contribution in [2.45, 2.75) is 39.0 Å². The number of nitrogen functional groups attached to an aromatic ring is 1. The number of hydrogen-bond donors (Lipinski definition) is 1. The molecule has 4 nitrogen and oxygen atoms in total. The monoisotopic (exact) mass is 342 g/mol. The van der Waals surface area contributed by atoms with Gasteiger partial charge in [-0.15, -0.1) is 0 Å². The molecular formula is C17H21F3N2O2. The van der Waals surface area contributed by atoms with Crippen molar-refractivity contribution < 1.29 is 22.7 Å². The van der Waals surface area contributed by atoms with Gasteiger partial charge in [-0.25, -0.2) is 4.79 Å². The van der Waals surface area contributed by atoms with Crippen LogP contribution in [0.15, 0.2) is 24.3 Å². The second kappa shape index (κ2) is 6.37. The van der Waals surface area contributed by atoms with Gasteiger partial charge in [0.2, 0.25) is 0 Å². The van der Waals surface area contributed by atoms with Crippen LogP contribution in [-0.2, 0) is 10.9 Å². The molecule has 2 N–H and O–H groups in total. The van der Waals surface area contributed by atoms with Crippen LogP contribution in [0.2, 0.25) is 0 Å². The zero-order valence-electron chi connectivity index (χ0n) is 13.9. The fourth-order valence-corrected chi connectivity index (χ4v) is 2.42. The van der Waals surface area contributed by atoms with E-state index in [2.05, 4.69) is 0 Å². The summed E-state index contributed by atoms with van der Waals surface area (Å²) in [4.78, 5) is 13.5. The SMILES string of the molecule is CC(C)(C)OC(=O)N1CC=C(c2cc(C(F)(F)F)ccc2N)CC1. The first-order valence-electron chi connectivity index (χ1n) is 7.61. The Kier molecular flexibility index (Phi) is 4.82. The lowest BCUT2D eigenvalue weighted by Crippen LogP contribution is -2.39. The molecule has 0 unspecified atom stereocenters. The molecule has 0 saturated carbocycles. The summed E-state index contributed by atoms with van der Waals surface area (Å²) in [6.07, 6.45) is -2.71. The molecule has 1 aliphatic rings. The van der Waals surface area contributed by atoms with Crippen molar-refractivity contribution in [1.82, 2.24) is 4.90 Å². The molecule has 0 aromatic heterocycles. The molecule has 0 bridgehead atoms. The fourth-order valence-electron chi connectivity index (χ4n) is 2.42. The number of rotatable bonds is 1. The van der Waals surface area contributed by atoms with E-state index < -0.39 is 23.4 Å². The summed E-state index contributed by atoms with van der Waals surface area (Å²) in [7, 11) is 0. The Hall–Kier alpha value is -2.18. The third-order valence-corrected chi connectivity index (χ3v) is 3.59. The van der Waals surface area contributed by atoms with Crippen LogP contribution in [0.25, 0.3) is 5.57 Å². The van der Waals surface area contributed by atoms with Gasteiger partial charge in [-0.2, -0.15) is 13.2 Å². The number of benzene rings is 1. The highest BCUT2D eigenvalue weighted by Crippen LogP contribution is 2.35. The Balaban J connectivity index is 2.17. The third-order valence-electron chi connectivity index (χ3n) is 3.59. The zero-order chi connectivity index (χ0) is 18.1. The van der Waals surface area contributed by atoms with Gasteiger partial charge in [0.15, 0.2) is 0 Å². The van der Waals surface area contributed by atoms with Gasteiger partial charge in [-0.3, -0.25) is 0 Å². The first kappa shape index (κ1) is 18.2. The molecule has 132 valence electrons. The van der Waals surface area contributed by atoms with Crippen molar-refractivity contribution in [1.29, 1.82) is 0 Å². The first-order valence-corrected chi connectivity index (χ1v) is 7.61. The Morgan fingerprint density at radius 3 is 2.42 bits per heavy atom. The summed E-state index contributed by atoms with van der Waals surface area (Å²) in [5, 5.41) is 0. The van der Waals surface area contributed by atoms with E-state index in [1.54, 1.807) is 26.8 Å². The van der Waals surface area contributed by atoms with Gasteiger partial charge in [0.1, 0.15) is 5.60 Å². The predicted molar refractivity (Wildman–Crippen MR) is 86.3 cm³/mol. The molecule has 7 heteroatoms. The number of alkyl halides is 3. The van der Waals surface area contributed by atoms with Crippen LogP contribution in [0.1, 0.15) is 38.3 Å². The lowest BCUT2D eigenvalue weighted by Gasteiger charge is -2.30. The summed E-state index contributed by atoms with van der Waals surface area (Å²) < 4.78 is 43.9. The largest absolute Gasteiger partial charge is 0.444 e. The highest BCUT2D eigenvalue weighted by atomic mass is 19.4. The summed E-state index contributed by atoms with van der Waals surface area (Å²) in [6, 6.07) is 3.29. The van der Waals surface area contributed by atoms with Crippen molar-refractivity contribution in [2.75, 3.05) is 18.8 Å². The number of amides is 1. The van der Waals surface area contributed by atoms with Crippen LogP contribution in [0.5, 0.6) is 0 Å². The molecule has 0 aliphatic carbocycles. The predicted octanol–water partition coefficient (Wildman–Crippen LogP) is 4.31. The minimum Gasteiger partial charge on any atom is -0.444 e. The summed E-state index contributed by atoms with van der Waals surface area (Å²) in [6.45, 7) is 5.98. The van der Waals surface area contributed by atoms with Gasteiger partial charge in [0, 0.05) is 24.3 Å². The third kappa shape index (κ3) is 4.43. The Morgan fingerprint density at radius 1 is 1.25 bits per heavy atom. The van der Waals surface area contributed by atoms with Crippen LogP contribution >= 0.6 is 0 Å². The smallest absolute Gasteiger partial charge is 0.416 e. The van der Waals surface area contributed by atoms with E-state index >= 15 is 0 Å². The van der Waals surface area contributed by atoms with Crippen LogP contribution in [-0.4, -0.2) is 29.7 Å². The van der Waals surface area contributed by atoms with Crippen molar-refractivity contribution in [3.8, 4) is 0 Å². The topological polar surface area (TPSA) is 55.6 Å². The molecule has 1 amide bonds. The summed E-state index contributed by atoms with van der Waals surface area (Å²) in [5.41, 5.74) is 5.87. The van der Waals surface area contributed by atoms with E-state index in [1.807, 2.05) is 0 Å². The first-order chi connectivity index (χ1) is 11.0. The highest BCUT2D eigenvalue weighted by molar-refractivity contribution is 5.78. The number of hydrogen-bond acceptors (Lipinski definition) is 3. The molecule has 1 heterocycles. The van der Waals surface area contributed by atoms with Gasteiger partial charge >= 0.3 is 12.3 Å². The fraction of sp³-hybridized carbons (Fsp3) is 0.471. The number of carbonyl (C=O) groups is 1. The van der Waals surface area contributed by atoms with Crippen molar-refractivity contribution in [3.63, 3.8) is 0 Å². The minimum absolute atomic E-state index is 0.278. The Morgan fingerprint density at radius 2 is 1.92 bits per heavy atom. The number of anilines is 1. The summed E-state index contributed by atoms with van der Waals surface area (Å²) >= 11 is 0. The summed E-state index contributed by atoms with van der Waals surface area (Å²) in [5.74, 6) is 0. The van der Waals surface area contributed by atoms with Gasteiger partial charge in [0.25, 0.3) is 0 Å². The van der Waals surface area contributed by atoms with E-state index in [4.69, 9.17) is 10.5 Å². The van der Waals surface area contributed by atoms with Crippen LogP contribution < -0.4 is 5.73 Å². The molecule has 0 radical (unpaired) electrons. The van der Waals surface area contributed by atoms with E-state index in [0.717, 1.165) is 12.1 Å². The maximum Gasteiger partial charge on any atom is 0.416 e. The quantitative estimate of drug-likeness (QED) is 0.774. The average Bonchev–Trinajstić information content (AvgIpc) is 2.45. The lowest BCUT2D eigenvalue weighted by atomic mass is 9.96. The maximum atomic E-state index is 12.9. The molecule has 0 saturated heterocycles. The average molecular weight is 342 g/mol. The highest BCUT2D eigenvalue weighted by Gasteiger charge is 2.31. The molecular weight excluding hydrogens is 321 g/mol. The van der Waals surface area contributed by atoms with Gasteiger partial charge in [0.05, 0.1) is 5.56 Å². The van der Waals surface area contributed by atoms with E-state index in [9.17, 15) is 18.0 Å². The van der Waals surface area contributed by atoms with Crippen molar-refractivity contribution in [2.24, 2.45) is 0 Å². The van der Waals surface area contributed by atoms with Crippen LogP contribution in [0.4, 0.5) is 23.7 Å². The van der Waals surface area contributed by atoms with E-state index in [1.165, 1.54) is 11.0 Å². The molecule has 0 fully saturated rings. The van der Waals surface area contributed by atoms with Gasteiger partial charge < -0.3 is 15.4 Å². The lowest BCUT2D eigenvalue weighted by molar-refractivity contribution is -0.137. The number of ether oxygens (including phenoxy) is 1. The van der Waals surface area contributed by atoms with E-state index in [-0.39, 0.29) is 6.54 Å². The standard InChI is InChI=1S/C17H21F3N2O2/c1-16(2,3)24-15(23)22-8-6-11(7-9-22)13-10-12(17(18,19)20)4-5-14(13)21/h4-6,10H,7-9,21H2,1-3H3. The molecule has 2 rings (SSSR count). The number of nitrogens with zero attached hydrogens (tertiary/aromatic N) is 1. The Labute approximate surface area is 139 Å². The van der Waals surface area contributed by atoms with Crippen LogP contribution in [0.3, 0.4) is 0 Å². The molecule has 1 aliphatic heterocycles. The van der Waals surface area contributed by atoms with Gasteiger partial charge in [-0.05, 0) is 51.0 Å². The number of nitrogens with two attached hydrogens (primary N) is 1. The van der Waals surface area contributed by atoms with Crippen LogP contribution in [0, 0.1) is 0 Å².